The lowest BCUT2D eigenvalue weighted by molar-refractivity contribution is -0.154. The van der Waals surface area contributed by atoms with Gasteiger partial charge in [0.1, 0.15) is 12.1 Å². The summed E-state index contributed by atoms with van der Waals surface area (Å²) in [6.45, 7) is -1.49. The maximum absolute atomic E-state index is 12.4. The summed E-state index contributed by atoms with van der Waals surface area (Å²) in [6.07, 6.45) is -1.04. The maximum Gasteiger partial charge on any atom is 0.422 e. The van der Waals surface area contributed by atoms with Crippen LogP contribution < -0.4 is 9.47 Å². The lowest BCUT2D eigenvalue weighted by Crippen LogP contribution is -2.20. The number of alkyl halides is 3. The Kier molecular flexibility index (Phi) is 5.51. The zero-order valence-corrected chi connectivity index (χ0v) is 14.2. The fourth-order valence-electron chi connectivity index (χ4n) is 2.12. The molecule has 1 aromatic carbocycles. The second-order valence-corrected chi connectivity index (χ2v) is 7.39. The number of rotatable bonds is 6. The molecule has 0 amide bonds. The summed E-state index contributed by atoms with van der Waals surface area (Å²) in [5.41, 5.74) is 1.07. The minimum Gasteiger partial charge on any atom is -0.496 e. The van der Waals surface area contributed by atoms with Crippen LogP contribution in [0.25, 0.3) is 11.1 Å². The number of halogens is 3. The standard InChI is InChI=1S/C15H15F3N2O4S/c1-23-13-5-10(7-25(2,21)22)3-4-11(13)12-6-19-9-20-14(12)24-8-15(16,17)18/h3-6,9H,7-8H2,1-2H3. The van der Waals surface area contributed by atoms with Gasteiger partial charge in [0.15, 0.2) is 16.4 Å². The number of benzene rings is 1. The van der Waals surface area contributed by atoms with Crippen molar-refractivity contribution in [2.75, 3.05) is 20.0 Å². The molecular formula is C15H15F3N2O4S. The molecule has 2 rings (SSSR count). The molecule has 0 atom stereocenters. The number of nitrogens with zero attached hydrogens (tertiary/aromatic N) is 2. The summed E-state index contributed by atoms with van der Waals surface area (Å²) in [7, 11) is -1.88. The lowest BCUT2D eigenvalue weighted by Gasteiger charge is -2.14. The third kappa shape index (κ3) is 5.59. The van der Waals surface area contributed by atoms with Crippen LogP contribution in [-0.2, 0) is 15.6 Å². The van der Waals surface area contributed by atoms with Crippen molar-refractivity contribution in [2.45, 2.75) is 11.9 Å². The second-order valence-electron chi connectivity index (χ2n) is 5.25. The highest BCUT2D eigenvalue weighted by Gasteiger charge is 2.29. The number of ether oxygens (including phenoxy) is 2. The Morgan fingerprint density at radius 2 is 1.92 bits per heavy atom. The lowest BCUT2D eigenvalue weighted by atomic mass is 10.1. The average Bonchev–Trinajstić information content (AvgIpc) is 2.51. The molecule has 0 aliphatic heterocycles. The van der Waals surface area contributed by atoms with E-state index in [2.05, 4.69) is 9.97 Å². The van der Waals surface area contributed by atoms with Crippen LogP contribution in [0.15, 0.2) is 30.7 Å². The van der Waals surface area contributed by atoms with Crippen molar-refractivity contribution in [3.05, 3.63) is 36.3 Å². The molecule has 136 valence electrons. The number of aromatic nitrogens is 2. The Morgan fingerprint density at radius 1 is 1.20 bits per heavy atom. The van der Waals surface area contributed by atoms with Crippen molar-refractivity contribution < 1.29 is 31.1 Å². The van der Waals surface area contributed by atoms with Crippen molar-refractivity contribution in [3.8, 4) is 22.8 Å². The van der Waals surface area contributed by atoms with Crippen molar-refractivity contribution in [2.24, 2.45) is 0 Å². The molecule has 0 saturated carbocycles. The van der Waals surface area contributed by atoms with Crippen molar-refractivity contribution in [3.63, 3.8) is 0 Å². The van der Waals surface area contributed by atoms with E-state index < -0.39 is 22.6 Å². The van der Waals surface area contributed by atoms with Crippen LogP contribution in [0.2, 0.25) is 0 Å². The molecule has 0 saturated heterocycles. The van der Waals surface area contributed by atoms with E-state index in [-0.39, 0.29) is 22.9 Å². The van der Waals surface area contributed by atoms with Crippen LogP contribution in [0.4, 0.5) is 13.2 Å². The molecule has 1 aromatic heterocycles. The predicted octanol–water partition coefficient (Wildman–Crippen LogP) is 2.64. The SMILES string of the molecule is COc1cc(CS(C)(=O)=O)ccc1-c1cncnc1OCC(F)(F)F. The Morgan fingerprint density at radius 3 is 2.52 bits per heavy atom. The van der Waals surface area contributed by atoms with Gasteiger partial charge in [-0.3, -0.25) is 0 Å². The number of sulfone groups is 1. The summed E-state index contributed by atoms with van der Waals surface area (Å²) in [6, 6.07) is 4.56. The van der Waals surface area contributed by atoms with Gasteiger partial charge in [0.2, 0.25) is 5.88 Å². The van der Waals surface area contributed by atoms with Gasteiger partial charge in [-0.2, -0.15) is 13.2 Å². The maximum atomic E-state index is 12.4. The first-order valence-electron chi connectivity index (χ1n) is 6.93. The highest BCUT2D eigenvalue weighted by Crippen LogP contribution is 2.36. The van der Waals surface area contributed by atoms with Gasteiger partial charge in [-0.1, -0.05) is 12.1 Å². The fourth-order valence-corrected chi connectivity index (χ4v) is 2.90. The molecule has 25 heavy (non-hydrogen) atoms. The summed E-state index contributed by atoms with van der Waals surface area (Å²) in [5, 5.41) is 0. The first kappa shape index (κ1) is 19.0. The van der Waals surface area contributed by atoms with E-state index in [0.717, 1.165) is 12.6 Å². The molecule has 0 aliphatic rings. The smallest absolute Gasteiger partial charge is 0.422 e. The van der Waals surface area contributed by atoms with Gasteiger partial charge in [0, 0.05) is 18.0 Å². The third-order valence-corrected chi connectivity index (χ3v) is 3.89. The summed E-state index contributed by atoms with van der Waals surface area (Å²) in [4.78, 5) is 7.53. The number of hydrogen-bond donors (Lipinski definition) is 0. The van der Waals surface area contributed by atoms with E-state index in [9.17, 15) is 21.6 Å². The van der Waals surface area contributed by atoms with Gasteiger partial charge in [-0.05, 0) is 11.6 Å². The highest BCUT2D eigenvalue weighted by atomic mass is 32.2. The quantitative estimate of drug-likeness (QED) is 0.771. The largest absolute Gasteiger partial charge is 0.496 e. The van der Waals surface area contributed by atoms with Crippen LogP contribution in [0, 0.1) is 0 Å². The molecule has 6 nitrogen and oxygen atoms in total. The fraction of sp³-hybridized carbons (Fsp3) is 0.333. The van der Waals surface area contributed by atoms with Crippen molar-refractivity contribution >= 4 is 9.84 Å². The Hall–Kier alpha value is -2.36. The van der Waals surface area contributed by atoms with Crippen LogP contribution >= 0.6 is 0 Å². The number of hydrogen-bond acceptors (Lipinski definition) is 6. The van der Waals surface area contributed by atoms with Gasteiger partial charge >= 0.3 is 6.18 Å². The minimum absolute atomic E-state index is 0.188. The van der Waals surface area contributed by atoms with E-state index >= 15 is 0 Å². The minimum atomic E-state index is -4.51. The van der Waals surface area contributed by atoms with E-state index in [1.807, 2.05) is 0 Å². The molecular weight excluding hydrogens is 361 g/mol. The van der Waals surface area contributed by atoms with Crippen LogP contribution in [0.3, 0.4) is 0 Å². The monoisotopic (exact) mass is 376 g/mol. The molecule has 2 aromatic rings. The Balaban J connectivity index is 2.41. The molecule has 0 radical (unpaired) electrons. The number of methoxy groups -OCH3 is 1. The van der Waals surface area contributed by atoms with Gasteiger partial charge in [0.25, 0.3) is 0 Å². The molecule has 0 bridgehead atoms. The summed E-state index contributed by atoms with van der Waals surface area (Å²) >= 11 is 0. The summed E-state index contributed by atoms with van der Waals surface area (Å²) < 4.78 is 69.9. The molecule has 0 spiro atoms. The molecule has 1 heterocycles. The van der Waals surface area contributed by atoms with E-state index in [1.165, 1.54) is 25.4 Å². The summed E-state index contributed by atoms with van der Waals surface area (Å²) in [5.74, 6) is -0.166. The van der Waals surface area contributed by atoms with Crippen LogP contribution in [0.5, 0.6) is 11.6 Å². The molecule has 0 aliphatic carbocycles. The Bertz CT molecular complexity index is 854. The molecule has 0 unspecified atom stereocenters. The van der Waals surface area contributed by atoms with E-state index in [0.29, 0.717) is 11.1 Å². The predicted molar refractivity (Wildman–Crippen MR) is 84.1 cm³/mol. The van der Waals surface area contributed by atoms with E-state index in [4.69, 9.17) is 9.47 Å². The third-order valence-electron chi connectivity index (χ3n) is 3.03. The van der Waals surface area contributed by atoms with Crippen molar-refractivity contribution in [1.29, 1.82) is 0 Å². The zero-order valence-electron chi connectivity index (χ0n) is 13.4. The molecule has 0 N–H and O–H groups in total. The van der Waals surface area contributed by atoms with Gasteiger partial charge in [-0.15, -0.1) is 0 Å². The second kappa shape index (κ2) is 7.26. The first-order chi connectivity index (χ1) is 11.6. The van der Waals surface area contributed by atoms with Gasteiger partial charge in [0.05, 0.1) is 18.4 Å². The average molecular weight is 376 g/mol. The topological polar surface area (TPSA) is 78.4 Å². The molecule has 0 fully saturated rings. The first-order valence-corrected chi connectivity index (χ1v) is 8.99. The van der Waals surface area contributed by atoms with E-state index in [1.54, 1.807) is 6.07 Å². The van der Waals surface area contributed by atoms with Gasteiger partial charge in [-0.25, -0.2) is 18.4 Å². The normalized spacial score (nSPS) is 12.0. The highest BCUT2D eigenvalue weighted by molar-refractivity contribution is 7.89. The zero-order chi connectivity index (χ0) is 18.7. The Labute approximate surface area is 142 Å². The van der Waals surface area contributed by atoms with Crippen LogP contribution in [0.1, 0.15) is 5.56 Å². The molecule has 10 heteroatoms. The van der Waals surface area contributed by atoms with Gasteiger partial charge < -0.3 is 9.47 Å². The van der Waals surface area contributed by atoms with Crippen LogP contribution in [-0.4, -0.2) is 44.5 Å². The van der Waals surface area contributed by atoms with Crippen molar-refractivity contribution in [1.82, 2.24) is 9.97 Å².